The summed E-state index contributed by atoms with van der Waals surface area (Å²) in [6, 6.07) is 6.69. The van der Waals surface area contributed by atoms with Crippen LogP contribution in [0.15, 0.2) is 35.6 Å². The lowest BCUT2D eigenvalue weighted by atomic mass is 10.3. The van der Waals surface area contributed by atoms with E-state index in [0.717, 1.165) is 15.7 Å². The van der Waals surface area contributed by atoms with Gasteiger partial charge in [-0.15, -0.1) is 0 Å². The van der Waals surface area contributed by atoms with E-state index in [9.17, 15) is 15.2 Å². The minimum atomic E-state index is -0.738. The number of amides is 1. The van der Waals surface area contributed by atoms with E-state index in [0.29, 0.717) is 11.0 Å². The lowest BCUT2D eigenvalue weighted by molar-refractivity contribution is -0.921. The molecule has 0 unspecified atom stereocenters. The zero-order chi connectivity index (χ0) is 13.8. The number of hydrogen-bond donors (Lipinski definition) is 3. The summed E-state index contributed by atoms with van der Waals surface area (Å²) in [4.78, 5) is 10.8. The molecule has 0 saturated carbocycles. The Labute approximate surface area is 107 Å². The van der Waals surface area contributed by atoms with Crippen molar-refractivity contribution in [2.75, 3.05) is 7.11 Å². The Morgan fingerprint density at radius 2 is 2.05 bits per heavy atom. The fourth-order valence-corrected chi connectivity index (χ4v) is 1.51. The topological polar surface area (TPSA) is 98.9 Å². The molecule has 0 fully saturated rings. The number of carbonyl (C=O) groups is 1. The minimum absolute atomic E-state index is 0.164. The summed E-state index contributed by atoms with van der Waals surface area (Å²) >= 11 is 0. The molecule has 2 aromatic rings. The van der Waals surface area contributed by atoms with Crippen LogP contribution in [-0.4, -0.2) is 29.8 Å². The van der Waals surface area contributed by atoms with E-state index < -0.39 is 6.09 Å². The van der Waals surface area contributed by atoms with Crippen LogP contribution in [0.5, 0.6) is 0 Å². The normalized spacial score (nSPS) is 10.8. The number of nitrogens with one attached hydrogen (secondary N) is 1. The second-order valence-corrected chi connectivity index (χ2v) is 3.56. The average molecular weight is 264 g/mol. The van der Waals surface area contributed by atoms with Crippen LogP contribution in [0.1, 0.15) is 5.69 Å². The molecule has 8 heteroatoms. The molecule has 0 aliphatic heterocycles. The number of benzene rings is 1. The molecule has 1 aromatic carbocycles. The lowest BCUT2D eigenvalue weighted by Gasteiger charge is -1.95. The number of hydrazone groups is 1. The van der Waals surface area contributed by atoms with Crippen LogP contribution in [0, 0.1) is 0 Å². The average Bonchev–Trinajstić information content (AvgIpc) is 2.44. The number of nitrogens with zero attached hydrogens (tertiary/aromatic N) is 3. The lowest BCUT2D eigenvalue weighted by Crippen LogP contribution is -2.44. The van der Waals surface area contributed by atoms with Crippen molar-refractivity contribution in [3.8, 4) is 0 Å². The fraction of sp³-hybridized carbons (Fsp3) is 0.0909. The Bertz CT molecular complexity index is 656. The summed E-state index contributed by atoms with van der Waals surface area (Å²) in [6.07, 6.45) is 1.67. The third-order valence-electron chi connectivity index (χ3n) is 2.39. The summed E-state index contributed by atoms with van der Waals surface area (Å²) in [6.45, 7) is 0. The van der Waals surface area contributed by atoms with Crippen molar-refractivity contribution in [3.63, 3.8) is 0 Å². The van der Waals surface area contributed by atoms with Gasteiger partial charge in [-0.1, -0.05) is 12.1 Å². The van der Waals surface area contributed by atoms with Crippen molar-refractivity contribution >= 4 is 23.3 Å². The van der Waals surface area contributed by atoms with Crippen LogP contribution in [-0.2, 0) is 4.74 Å². The molecule has 0 radical (unpaired) electrons. The van der Waals surface area contributed by atoms with Crippen molar-refractivity contribution in [1.82, 2.24) is 5.43 Å². The maximum atomic E-state index is 10.8. The summed E-state index contributed by atoms with van der Waals surface area (Å²) in [5, 5.41) is 23.3. The summed E-state index contributed by atoms with van der Waals surface area (Å²) in [5.74, 6) is 0. The molecular weight excluding hydrogens is 252 g/mol. The van der Waals surface area contributed by atoms with Crippen LogP contribution in [0.2, 0.25) is 0 Å². The third kappa shape index (κ3) is 2.51. The summed E-state index contributed by atoms with van der Waals surface area (Å²) < 4.78 is 6.01. The number of methoxy groups -OCH3 is 1. The van der Waals surface area contributed by atoms with E-state index in [1.54, 1.807) is 24.3 Å². The summed E-state index contributed by atoms with van der Waals surface area (Å²) in [5.41, 5.74) is 3.03. The van der Waals surface area contributed by atoms with Crippen LogP contribution < -0.4 is 14.9 Å². The van der Waals surface area contributed by atoms with Gasteiger partial charge >= 0.3 is 29.0 Å². The van der Waals surface area contributed by atoms with Gasteiger partial charge < -0.3 is 4.74 Å². The Morgan fingerprint density at radius 3 is 2.74 bits per heavy atom. The molecule has 0 spiro atoms. The van der Waals surface area contributed by atoms with Gasteiger partial charge in [-0.05, 0) is 0 Å². The van der Waals surface area contributed by atoms with Gasteiger partial charge in [-0.3, -0.25) is 10.4 Å². The molecule has 1 aromatic heterocycles. The first-order chi connectivity index (χ1) is 9.13. The standard InChI is InChI=1S/C11H11N4O4/c1-19-11(16)13-12-6-8-7-14(17)9-4-2-3-5-10(9)15(8)18/h2-7,18H,1H3,(H,13,16,17)/q+1/p+1. The molecule has 98 valence electrons. The van der Waals surface area contributed by atoms with Gasteiger partial charge in [0.05, 0.1) is 7.11 Å². The molecule has 0 aliphatic rings. The third-order valence-corrected chi connectivity index (χ3v) is 2.39. The molecular formula is C11H12N4O4+2. The number of carbonyl (C=O) groups excluding carboxylic acids is 1. The van der Waals surface area contributed by atoms with E-state index >= 15 is 0 Å². The van der Waals surface area contributed by atoms with Crippen molar-refractivity contribution in [1.29, 1.82) is 0 Å². The number of para-hydroxylation sites is 2. The quantitative estimate of drug-likeness (QED) is 0.297. The highest BCUT2D eigenvalue weighted by Gasteiger charge is 2.24. The van der Waals surface area contributed by atoms with Crippen LogP contribution in [0.3, 0.4) is 0 Å². The molecule has 1 heterocycles. The van der Waals surface area contributed by atoms with Crippen molar-refractivity contribution in [2.45, 2.75) is 0 Å². The smallest absolute Gasteiger partial charge is 0.427 e. The molecule has 0 aliphatic carbocycles. The summed E-state index contributed by atoms with van der Waals surface area (Å²) in [7, 11) is 1.20. The van der Waals surface area contributed by atoms with Gasteiger partial charge in [0, 0.05) is 21.6 Å². The Balaban J connectivity index is 2.39. The molecule has 3 N–H and O–H groups in total. The molecule has 19 heavy (non-hydrogen) atoms. The van der Waals surface area contributed by atoms with Crippen molar-refractivity contribution < 1.29 is 29.4 Å². The fourth-order valence-electron chi connectivity index (χ4n) is 1.51. The maximum absolute atomic E-state index is 10.8. The zero-order valence-corrected chi connectivity index (χ0v) is 10.0. The first-order valence-electron chi connectivity index (χ1n) is 5.28. The van der Waals surface area contributed by atoms with Gasteiger partial charge in [0.15, 0.2) is 0 Å². The van der Waals surface area contributed by atoms with E-state index in [1.807, 2.05) is 0 Å². The van der Waals surface area contributed by atoms with E-state index in [2.05, 4.69) is 15.3 Å². The number of rotatable bonds is 2. The van der Waals surface area contributed by atoms with Gasteiger partial charge in [-0.25, -0.2) is 10.2 Å². The zero-order valence-electron chi connectivity index (χ0n) is 10.0. The van der Waals surface area contributed by atoms with Gasteiger partial charge in [-0.2, -0.15) is 5.10 Å². The van der Waals surface area contributed by atoms with Crippen molar-refractivity contribution in [3.05, 3.63) is 36.2 Å². The molecule has 0 atom stereocenters. The first-order valence-corrected chi connectivity index (χ1v) is 5.28. The molecule has 0 bridgehead atoms. The Hall–Kier alpha value is -2.90. The number of aromatic nitrogens is 2. The minimum Gasteiger partial charge on any atom is -0.452 e. The highest BCUT2D eigenvalue weighted by atomic mass is 16.5. The number of hydrogen-bond acceptors (Lipinski definition) is 5. The predicted molar refractivity (Wildman–Crippen MR) is 61.8 cm³/mol. The van der Waals surface area contributed by atoms with Crippen LogP contribution in [0.4, 0.5) is 4.79 Å². The first kappa shape index (κ1) is 12.6. The second-order valence-electron chi connectivity index (χ2n) is 3.56. The van der Waals surface area contributed by atoms with E-state index in [1.165, 1.54) is 13.3 Å². The monoisotopic (exact) mass is 264 g/mol. The van der Waals surface area contributed by atoms with Gasteiger partial charge in [0.2, 0.25) is 0 Å². The second kappa shape index (κ2) is 5.17. The maximum Gasteiger partial charge on any atom is 0.427 e. The van der Waals surface area contributed by atoms with Crippen LogP contribution in [0.25, 0.3) is 11.0 Å². The Morgan fingerprint density at radius 1 is 1.37 bits per heavy atom. The largest absolute Gasteiger partial charge is 0.452 e. The number of fused-ring (bicyclic) bond motifs is 1. The predicted octanol–water partition coefficient (Wildman–Crippen LogP) is -0.421. The molecule has 0 saturated heterocycles. The van der Waals surface area contributed by atoms with Crippen LogP contribution >= 0.6 is 0 Å². The number of ether oxygens (including phenoxy) is 1. The van der Waals surface area contributed by atoms with E-state index in [4.69, 9.17) is 0 Å². The Kier molecular flexibility index (Phi) is 3.42. The molecule has 8 nitrogen and oxygen atoms in total. The van der Waals surface area contributed by atoms with E-state index in [-0.39, 0.29) is 5.69 Å². The van der Waals surface area contributed by atoms with Gasteiger partial charge in [0.25, 0.3) is 0 Å². The molecule has 1 amide bonds. The van der Waals surface area contributed by atoms with Gasteiger partial charge in [0.1, 0.15) is 6.21 Å². The highest BCUT2D eigenvalue weighted by Crippen LogP contribution is 2.03. The SMILES string of the molecule is COC(=O)N/N=C/c1c[n+](O)c2ccccc2[n+]1O. The highest BCUT2D eigenvalue weighted by molar-refractivity contribution is 5.78. The van der Waals surface area contributed by atoms with Crippen molar-refractivity contribution in [2.24, 2.45) is 5.10 Å². The molecule has 2 rings (SSSR count).